The minimum Gasteiger partial charge on any atom is -0.495 e. The van der Waals surface area contributed by atoms with Gasteiger partial charge in [0.2, 0.25) is 0 Å². The number of carbonyl (C=O) groups excluding carboxylic acids is 1. The molecule has 1 aliphatic heterocycles. The monoisotopic (exact) mass is 423 g/mol. The number of aromatic nitrogens is 1. The van der Waals surface area contributed by atoms with Gasteiger partial charge in [-0.05, 0) is 24.1 Å². The number of methoxy groups -OCH3 is 1. The number of alkyl halides is 2. The number of aliphatic imine (C=N–C) groups is 1. The molecule has 1 saturated carbocycles. The van der Waals surface area contributed by atoms with Crippen LogP contribution in [0, 0.1) is 17.6 Å². The molecule has 10 heteroatoms. The molecule has 2 N–H and O–H groups in total. The standard InChI is InChI=1S/C20H17F4N3O3/c1-29-10-6-14(22)17(26-8-10)15(28)5-9-2-3-13(21)11(4-9)20(18(23)24)12-7-16(12)30-19(25)27-20/h2-4,6,8,12,16,18H,5,7H2,1H3,(H2,25,27)/t12-,16+,20+/m0/s1. The second kappa shape index (κ2) is 7.26. The largest absolute Gasteiger partial charge is 0.495 e. The van der Waals surface area contributed by atoms with Crippen LogP contribution in [-0.2, 0) is 16.7 Å². The number of hydrogen-bond acceptors (Lipinski definition) is 6. The normalized spacial score (nSPS) is 24.7. The van der Waals surface area contributed by atoms with Crippen LogP contribution in [0.3, 0.4) is 0 Å². The highest BCUT2D eigenvalue weighted by Crippen LogP contribution is 2.56. The Morgan fingerprint density at radius 2 is 2.10 bits per heavy atom. The van der Waals surface area contributed by atoms with Gasteiger partial charge in [0.1, 0.15) is 23.4 Å². The first kappa shape index (κ1) is 20.1. The van der Waals surface area contributed by atoms with Crippen LogP contribution in [0.1, 0.15) is 28.0 Å². The third-order valence-corrected chi connectivity index (χ3v) is 5.34. The maximum atomic E-state index is 14.6. The molecule has 6 nitrogen and oxygen atoms in total. The Morgan fingerprint density at radius 3 is 2.77 bits per heavy atom. The maximum absolute atomic E-state index is 14.6. The molecule has 2 aromatic rings. The van der Waals surface area contributed by atoms with Crippen LogP contribution in [-0.4, -0.2) is 36.4 Å². The fourth-order valence-electron chi connectivity index (χ4n) is 3.80. The molecule has 3 atom stereocenters. The molecule has 4 rings (SSSR count). The molecule has 158 valence electrons. The number of ether oxygens (including phenoxy) is 2. The number of ketones is 1. The number of Topliss-reactive ketones (excluding diaryl/α,β-unsaturated/α-hetero) is 1. The second-order valence-corrected chi connectivity index (χ2v) is 7.19. The predicted octanol–water partition coefficient (Wildman–Crippen LogP) is 2.99. The minimum absolute atomic E-state index is 0.140. The van der Waals surface area contributed by atoms with Crippen molar-refractivity contribution < 1.29 is 31.8 Å². The first-order chi connectivity index (χ1) is 14.3. The molecule has 1 fully saturated rings. The zero-order valence-electron chi connectivity index (χ0n) is 15.7. The fraction of sp³-hybridized carbons (Fsp3) is 0.350. The van der Waals surface area contributed by atoms with Crippen molar-refractivity contribution in [2.75, 3.05) is 7.11 Å². The lowest BCUT2D eigenvalue weighted by Crippen LogP contribution is -2.43. The van der Waals surface area contributed by atoms with E-state index in [0.29, 0.717) is 0 Å². The zero-order chi connectivity index (χ0) is 21.6. The number of fused-ring (bicyclic) bond motifs is 1. The number of benzene rings is 1. The Hall–Kier alpha value is -3.17. The van der Waals surface area contributed by atoms with Gasteiger partial charge in [0, 0.05) is 24.0 Å². The van der Waals surface area contributed by atoms with Crippen LogP contribution in [0.5, 0.6) is 5.75 Å². The topological polar surface area (TPSA) is 86.8 Å². The molecule has 1 aliphatic carbocycles. The minimum atomic E-state index is -3.05. The van der Waals surface area contributed by atoms with Gasteiger partial charge in [0.25, 0.3) is 12.4 Å². The molecule has 0 saturated heterocycles. The van der Waals surface area contributed by atoms with Gasteiger partial charge in [0.05, 0.1) is 13.3 Å². The zero-order valence-corrected chi connectivity index (χ0v) is 15.7. The van der Waals surface area contributed by atoms with E-state index in [1.54, 1.807) is 0 Å². The van der Waals surface area contributed by atoms with Gasteiger partial charge < -0.3 is 15.2 Å². The van der Waals surface area contributed by atoms with Gasteiger partial charge in [-0.15, -0.1) is 0 Å². The average Bonchev–Trinajstić information content (AvgIpc) is 3.48. The van der Waals surface area contributed by atoms with Crippen molar-refractivity contribution in [1.29, 1.82) is 0 Å². The summed E-state index contributed by atoms with van der Waals surface area (Å²) in [5.41, 5.74) is 2.76. The van der Waals surface area contributed by atoms with Crippen molar-refractivity contribution in [3.05, 3.63) is 58.9 Å². The number of halogens is 4. The molecule has 0 spiro atoms. The van der Waals surface area contributed by atoms with E-state index in [-0.39, 0.29) is 29.7 Å². The number of nitrogens with two attached hydrogens (primary N) is 1. The van der Waals surface area contributed by atoms with Gasteiger partial charge in [-0.3, -0.25) is 4.79 Å². The van der Waals surface area contributed by atoms with Crippen LogP contribution < -0.4 is 10.5 Å². The Labute approximate surface area is 168 Å². The van der Waals surface area contributed by atoms with Gasteiger partial charge in [-0.1, -0.05) is 6.07 Å². The highest BCUT2D eigenvalue weighted by atomic mass is 19.3. The van der Waals surface area contributed by atoms with Gasteiger partial charge >= 0.3 is 0 Å². The van der Waals surface area contributed by atoms with E-state index in [1.165, 1.54) is 19.4 Å². The van der Waals surface area contributed by atoms with E-state index in [4.69, 9.17) is 15.2 Å². The SMILES string of the molecule is COc1cnc(C(=O)Cc2ccc(F)c([C@@]3(C(F)F)N=C(N)O[C@@H]4C[C@@H]43)c2)c(F)c1. The van der Waals surface area contributed by atoms with Crippen molar-refractivity contribution in [2.24, 2.45) is 16.6 Å². The maximum Gasteiger partial charge on any atom is 0.283 e. The van der Waals surface area contributed by atoms with Crippen molar-refractivity contribution in [1.82, 2.24) is 4.98 Å². The highest BCUT2D eigenvalue weighted by Gasteiger charge is 2.64. The molecule has 30 heavy (non-hydrogen) atoms. The molecule has 0 amide bonds. The quantitative estimate of drug-likeness (QED) is 0.570. The molecular formula is C20H17F4N3O3. The Morgan fingerprint density at radius 1 is 1.33 bits per heavy atom. The van der Waals surface area contributed by atoms with E-state index in [2.05, 4.69) is 9.98 Å². The summed E-state index contributed by atoms with van der Waals surface area (Å²) in [5, 5.41) is 0. The number of rotatable bonds is 6. The summed E-state index contributed by atoms with van der Waals surface area (Å²) >= 11 is 0. The number of carbonyl (C=O) groups is 1. The summed E-state index contributed by atoms with van der Waals surface area (Å²) in [4.78, 5) is 20.0. The van der Waals surface area contributed by atoms with Crippen molar-refractivity contribution in [3.63, 3.8) is 0 Å². The van der Waals surface area contributed by atoms with Gasteiger partial charge in [-0.2, -0.15) is 0 Å². The lowest BCUT2D eigenvalue weighted by molar-refractivity contribution is 0.0176. The summed E-state index contributed by atoms with van der Waals surface area (Å²) in [6.45, 7) is 0. The Balaban J connectivity index is 1.69. The third-order valence-electron chi connectivity index (χ3n) is 5.34. The molecular weight excluding hydrogens is 406 g/mol. The summed E-state index contributed by atoms with van der Waals surface area (Å²) < 4.78 is 67.1. The smallest absolute Gasteiger partial charge is 0.283 e. The molecule has 1 aromatic heterocycles. The van der Waals surface area contributed by atoms with Crippen LogP contribution in [0.15, 0.2) is 35.5 Å². The van der Waals surface area contributed by atoms with E-state index < -0.39 is 53.1 Å². The lowest BCUT2D eigenvalue weighted by Gasteiger charge is -2.33. The van der Waals surface area contributed by atoms with E-state index in [9.17, 15) is 22.4 Å². The van der Waals surface area contributed by atoms with Crippen molar-refractivity contribution >= 4 is 11.8 Å². The molecule has 0 bridgehead atoms. The van der Waals surface area contributed by atoms with Crippen LogP contribution in [0.25, 0.3) is 0 Å². The summed E-state index contributed by atoms with van der Waals surface area (Å²) in [7, 11) is 1.33. The van der Waals surface area contributed by atoms with E-state index in [0.717, 1.165) is 18.2 Å². The van der Waals surface area contributed by atoms with Crippen LogP contribution in [0.2, 0.25) is 0 Å². The average molecular weight is 423 g/mol. The fourth-order valence-corrected chi connectivity index (χ4v) is 3.80. The number of hydrogen-bond donors (Lipinski definition) is 1. The van der Waals surface area contributed by atoms with Gasteiger partial charge in [-0.25, -0.2) is 27.5 Å². The Kier molecular flexibility index (Phi) is 4.87. The summed E-state index contributed by atoms with van der Waals surface area (Å²) in [6.07, 6.45) is -2.52. The predicted molar refractivity (Wildman–Crippen MR) is 97.5 cm³/mol. The number of pyridine rings is 1. The summed E-state index contributed by atoms with van der Waals surface area (Å²) in [6, 6.07) is 3.99. The molecule has 1 aromatic carbocycles. The van der Waals surface area contributed by atoms with Crippen LogP contribution >= 0.6 is 0 Å². The highest BCUT2D eigenvalue weighted by molar-refractivity contribution is 5.96. The lowest BCUT2D eigenvalue weighted by atomic mass is 9.83. The Bertz CT molecular complexity index is 1050. The van der Waals surface area contributed by atoms with Gasteiger partial charge in [0.15, 0.2) is 17.1 Å². The number of amidine groups is 1. The second-order valence-electron chi connectivity index (χ2n) is 7.19. The van der Waals surface area contributed by atoms with Crippen LogP contribution in [0.4, 0.5) is 17.6 Å². The van der Waals surface area contributed by atoms with E-state index in [1.807, 2.05) is 0 Å². The molecule has 2 aliphatic rings. The molecule has 2 heterocycles. The third kappa shape index (κ3) is 3.25. The summed E-state index contributed by atoms with van der Waals surface area (Å²) in [5.74, 6) is -3.07. The first-order valence-electron chi connectivity index (χ1n) is 9.08. The number of nitrogens with zero attached hydrogens (tertiary/aromatic N) is 2. The van der Waals surface area contributed by atoms with E-state index >= 15 is 0 Å². The first-order valence-corrected chi connectivity index (χ1v) is 9.08. The molecule has 0 unspecified atom stereocenters. The van der Waals surface area contributed by atoms with Crippen molar-refractivity contribution in [2.45, 2.75) is 30.9 Å². The van der Waals surface area contributed by atoms with Crippen molar-refractivity contribution in [3.8, 4) is 5.75 Å². The molecule has 0 radical (unpaired) electrons.